The van der Waals surface area contributed by atoms with Gasteiger partial charge in [-0.2, -0.15) is 0 Å². The molecule has 0 saturated carbocycles. The predicted octanol–water partition coefficient (Wildman–Crippen LogP) is 1.09. The molecule has 0 radical (unpaired) electrons. The molecule has 4 nitrogen and oxygen atoms in total. The summed E-state index contributed by atoms with van der Waals surface area (Å²) in [5.41, 5.74) is 0. The summed E-state index contributed by atoms with van der Waals surface area (Å²) >= 11 is 0. The van der Waals surface area contributed by atoms with Crippen LogP contribution in [0.15, 0.2) is 0 Å². The Morgan fingerprint density at radius 1 is 1.18 bits per heavy atom. The first-order valence-electron chi connectivity index (χ1n) is 6.45. The number of rotatable bonds is 2. The van der Waals surface area contributed by atoms with Crippen LogP contribution in [0.3, 0.4) is 0 Å². The number of halogens is 1. The highest BCUT2D eigenvalue weighted by Crippen LogP contribution is 2.13. The Bertz CT molecular complexity index is 225. The van der Waals surface area contributed by atoms with Gasteiger partial charge in [-0.05, 0) is 38.6 Å². The zero-order valence-electron chi connectivity index (χ0n) is 10.2. The highest BCUT2D eigenvalue weighted by Gasteiger charge is 2.23. The minimum absolute atomic E-state index is 0. The standard InChI is InChI=1S/C12H22N2O2.ClH/c15-12(10-3-1-6-13-9-10)14-11-4-2-7-16-8-5-11;/h10-11,13H,1-9H2,(H,14,15);1H/t10-,11?;/m1./s1. The van der Waals surface area contributed by atoms with Crippen molar-refractivity contribution in [3.05, 3.63) is 0 Å². The van der Waals surface area contributed by atoms with Gasteiger partial charge in [0.05, 0.1) is 5.92 Å². The second-order valence-electron chi connectivity index (χ2n) is 4.79. The fraction of sp³-hybridized carbons (Fsp3) is 0.917. The van der Waals surface area contributed by atoms with Crippen molar-refractivity contribution in [2.45, 2.75) is 38.1 Å². The fourth-order valence-corrected chi connectivity index (χ4v) is 2.44. The van der Waals surface area contributed by atoms with Crippen molar-refractivity contribution in [2.24, 2.45) is 5.92 Å². The lowest BCUT2D eigenvalue weighted by molar-refractivity contribution is -0.126. The van der Waals surface area contributed by atoms with E-state index in [4.69, 9.17) is 4.74 Å². The Morgan fingerprint density at radius 3 is 2.82 bits per heavy atom. The van der Waals surface area contributed by atoms with Gasteiger partial charge in [0.1, 0.15) is 0 Å². The molecule has 100 valence electrons. The Kier molecular flexibility index (Phi) is 6.85. The quantitative estimate of drug-likeness (QED) is 0.783. The highest BCUT2D eigenvalue weighted by atomic mass is 35.5. The van der Waals surface area contributed by atoms with E-state index in [0.717, 1.165) is 58.4 Å². The molecular weight excluding hydrogens is 240 g/mol. The minimum atomic E-state index is 0. The van der Waals surface area contributed by atoms with E-state index in [9.17, 15) is 4.79 Å². The number of hydrogen-bond acceptors (Lipinski definition) is 3. The number of hydrogen-bond donors (Lipinski definition) is 2. The van der Waals surface area contributed by atoms with Gasteiger partial charge >= 0.3 is 0 Å². The van der Waals surface area contributed by atoms with Crippen molar-refractivity contribution in [1.82, 2.24) is 10.6 Å². The Hall–Kier alpha value is -0.320. The molecule has 0 aromatic rings. The first kappa shape index (κ1) is 14.7. The van der Waals surface area contributed by atoms with E-state index >= 15 is 0 Å². The maximum atomic E-state index is 12.0. The predicted molar refractivity (Wildman–Crippen MR) is 69.4 cm³/mol. The van der Waals surface area contributed by atoms with Crippen molar-refractivity contribution in [2.75, 3.05) is 26.3 Å². The van der Waals surface area contributed by atoms with Crippen molar-refractivity contribution < 1.29 is 9.53 Å². The van der Waals surface area contributed by atoms with E-state index in [1.165, 1.54) is 0 Å². The summed E-state index contributed by atoms with van der Waals surface area (Å²) in [5.74, 6) is 0.414. The SMILES string of the molecule is Cl.O=C(NC1CCCOCC1)[C@@H]1CCCNC1. The molecule has 0 spiro atoms. The van der Waals surface area contributed by atoms with E-state index in [1.54, 1.807) is 0 Å². The number of nitrogens with one attached hydrogen (secondary N) is 2. The zero-order chi connectivity index (χ0) is 11.2. The summed E-state index contributed by atoms with van der Waals surface area (Å²) < 4.78 is 5.39. The molecule has 1 unspecified atom stereocenters. The summed E-state index contributed by atoms with van der Waals surface area (Å²) in [6, 6.07) is 0.330. The third-order valence-electron chi connectivity index (χ3n) is 3.47. The molecule has 1 amide bonds. The monoisotopic (exact) mass is 262 g/mol. The van der Waals surface area contributed by atoms with Crippen LogP contribution in [-0.4, -0.2) is 38.3 Å². The zero-order valence-corrected chi connectivity index (χ0v) is 11.1. The van der Waals surface area contributed by atoms with Crippen LogP contribution in [0.5, 0.6) is 0 Å². The largest absolute Gasteiger partial charge is 0.381 e. The van der Waals surface area contributed by atoms with Gasteiger partial charge in [-0.3, -0.25) is 4.79 Å². The van der Waals surface area contributed by atoms with Gasteiger partial charge < -0.3 is 15.4 Å². The first-order valence-corrected chi connectivity index (χ1v) is 6.45. The number of carbonyl (C=O) groups excluding carboxylic acids is 1. The van der Waals surface area contributed by atoms with E-state index < -0.39 is 0 Å². The fourth-order valence-electron chi connectivity index (χ4n) is 2.44. The van der Waals surface area contributed by atoms with Gasteiger partial charge in [0.2, 0.25) is 5.91 Å². The topological polar surface area (TPSA) is 50.4 Å². The molecule has 17 heavy (non-hydrogen) atoms. The second kappa shape index (κ2) is 7.90. The second-order valence-corrected chi connectivity index (χ2v) is 4.79. The third-order valence-corrected chi connectivity index (χ3v) is 3.47. The molecular formula is C12H23ClN2O2. The van der Waals surface area contributed by atoms with E-state index in [1.807, 2.05) is 0 Å². The summed E-state index contributed by atoms with van der Waals surface area (Å²) in [6.45, 7) is 3.53. The Labute approximate surface area is 109 Å². The molecule has 2 aliphatic rings. The van der Waals surface area contributed by atoms with Crippen LogP contribution in [0.1, 0.15) is 32.1 Å². The molecule has 2 N–H and O–H groups in total. The summed E-state index contributed by atoms with van der Waals surface area (Å²) in [4.78, 5) is 12.0. The van der Waals surface area contributed by atoms with Crippen LogP contribution >= 0.6 is 12.4 Å². The van der Waals surface area contributed by atoms with Gasteiger partial charge in [-0.25, -0.2) is 0 Å². The Balaban J connectivity index is 0.00000144. The molecule has 2 rings (SSSR count). The van der Waals surface area contributed by atoms with Crippen molar-refractivity contribution in [1.29, 1.82) is 0 Å². The van der Waals surface area contributed by atoms with Gasteiger partial charge in [-0.15, -0.1) is 12.4 Å². The Morgan fingerprint density at radius 2 is 2.06 bits per heavy atom. The molecule has 2 heterocycles. The van der Waals surface area contributed by atoms with Gasteiger partial charge in [0.15, 0.2) is 0 Å². The number of amides is 1. The first-order chi connectivity index (χ1) is 7.86. The van der Waals surface area contributed by atoms with Crippen molar-refractivity contribution in [3.63, 3.8) is 0 Å². The molecule has 0 aliphatic carbocycles. The van der Waals surface area contributed by atoms with Crippen LogP contribution in [0.2, 0.25) is 0 Å². The molecule has 2 fully saturated rings. The van der Waals surface area contributed by atoms with Gasteiger partial charge in [-0.1, -0.05) is 0 Å². The normalized spacial score (nSPS) is 29.9. The van der Waals surface area contributed by atoms with E-state index in [-0.39, 0.29) is 24.2 Å². The lowest BCUT2D eigenvalue weighted by Crippen LogP contribution is -2.44. The van der Waals surface area contributed by atoms with Crippen LogP contribution in [0, 0.1) is 5.92 Å². The minimum Gasteiger partial charge on any atom is -0.381 e. The molecule has 5 heteroatoms. The van der Waals surface area contributed by atoms with Crippen LogP contribution in [-0.2, 0) is 9.53 Å². The van der Waals surface area contributed by atoms with Crippen LogP contribution < -0.4 is 10.6 Å². The summed E-state index contributed by atoms with van der Waals surface area (Å²) in [6.07, 6.45) is 5.24. The highest BCUT2D eigenvalue weighted by molar-refractivity contribution is 5.85. The van der Waals surface area contributed by atoms with Crippen molar-refractivity contribution in [3.8, 4) is 0 Å². The van der Waals surface area contributed by atoms with E-state index in [2.05, 4.69) is 10.6 Å². The summed E-state index contributed by atoms with van der Waals surface area (Å²) in [5, 5.41) is 6.45. The molecule has 0 aromatic carbocycles. The van der Waals surface area contributed by atoms with Crippen LogP contribution in [0.4, 0.5) is 0 Å². The lowest BCUT2D eigenvalue weighted by Gasteiger charge is -2.24. The number of ether oxygens (including phenoxy) is 1. The molecule has 2 atom stereocenters. The average molecular weight is 263 g/mol. The maximum absolute atomic E-state index is 12.0. The van der Waals surface area contributed by atoms with E-state index in [0.29, 0.717) is 6.04 Å². The lowest BCUT2D eigenvalue weighted by atomic mass is 9.98. The molecule has 0 bridgehead atoms. The van der Waals surface area contributed by atoms with Crippen LogP contribution in [0.25, 0.3) is 0 Å². The van der Waals surface area contributed by atoms with Crippen molar-refractivity contribution >= 4 is 18.3 Å². The van der Waals surface area contributed by atoms with Gasteiger partial charge in [0, 0.05) is 25.8 Å². The molecule has 2 aliphatic heterocycles. The molecule has 2 saturated heterocycles. The smallest absolute Gasteiger partial charge is 0.224 e. The average Bonchev–Trinajstić information content (AvgIpc) is 2.59. The summed E-state index contributed by atoms with van der Waals surface area (Å²) in [7, 11) is 0. The van der Waals surface area contributed by atoms with Gasteiger partial charge in [0.25, 0.3) is 0 Å². The molecule has 0 aromatic heterocycles. The third kappa shape index (κ3) is 4.82. The maximum Gasteiger partial charge on any atom is 0.224 e. The number of piperidine rings is 1. The number of carbonyl (C=O) groups is 1.